The zero-order valence-corrected chi connectivity index (χ0v) is 13.4. The molecule has 3 heteroatoms. The Morgan fingerprint density at radius 1 is 1.21 bits per heavy atom. The van der Waals surface area contributed by atoms with Crippen LogP contribution in [0.5, 0.6) is 0 Å². The van der Waals surface area contributed by atoms with Crippen molar-refractivity contribution in [3.63, 3.8) is 0 Å². The highest BCUT2D eigenvalue weighted by molar-refractivity contribution is 9.09. The number of benzene rings is 1. The van der Waals surface area contributed by atoms with E-state index in [2.05, 4.69) is 29.8 Å². The van der Waals surface area contributed by atoms with Gasteiger partial charge in [-0.05, 0) is 48.8 Å². The number of aryl methyl sites for hydroxylation is 1. The lowest BCUT2D eigenvalue weighted by molar-refractivity contribution is 0.135. The fourth-order valence-corrected chi connectivity index (χ4v) is 4.48. The third-order valence-electron chi connectivity index (χ3n) is 4.52. The molecule has 0 radical (unpaired) electrons. The van der Waals surface area contributed by atoms with Crippen LogP contribution in [-0.4, -0.2) is 0 Å². The van der Waals surface area contributed by atoms with Crippen LogP contribution in [0.25, 0.3) is 0 Å². The minimum atomic E-state index is -0.325. The van der Waals surface area contributed by atoms with Gasteiger partial charge in [0.05, 0.1) is 0 Å². The molecule has 0 nitrogen and oxygen atoms in total. The summed E-state index contributed by atoms with van der Waals surface area (Å²) in [6, 6.07) is 2.66. The minimum absolute atomic E-state index is 0.113. The zero-order valence-electron chi connectivity index (χ0n) is 11.8. The molecule has 1 aliphatic carbocycles. The summed E-state index contributed by atoms with van der Waals surface area (Å²) in [4.78, 5) is -0.113. The molecule has 2 rings (SSSR count). The summed E-state index contributed by atoms with van der Waals surface area (Å²) in [5.41, 5.74) is 0.993. The number of rotatable bonds is 2. The van der Waals surface area contributed by atoms with E-state index in [1.54, 1.807) is 6.92 Å². The number of alkyl halides is 1. The Hall–Kier alpha value is -0.440. The Morgan fingerprint density at radius 3 is 2.53 bits per heavy atom. The SMILES string of the molecule is Cc1cc(F)c(C(Br)C2CCCCC2(C)C)cc1F. The van der Waals surface area contributed by atoms with Crippen molar-refractivity contribution in [1.82, 2.24) is 0 Å². The second-order valence-electron chi connectivity index (χ2n) is 6.37. The zero-order chi connectivity index (χ0) is 14.2. The highest BCUT2D eigenvalue weighted by Crippen LogP contribution is 2.50. The molecule has 0 N–H and O–H groups in total. The molecule has 0 aromatic heterocycles. The molecule has 0 amide bonds. The van der Waals surface area contributed by atoms with E-state index in [1.807, 2.05) is 0 Å². The Labute approximate surface area is 122 Å². The Balaban J connectivity index is 2.33. The second-order valence-corrected chi connectivity index (χ2v) is 7.35. The van der Waals surface area contributed by atoms with E-state index in [9.17, 15) is 8.78 Å². The van der Waals surface area contributed by atoms with Crippen molar-refractivity contribution in [2.75, 3.05) is 0 Å². The summed E-state index contributed by atoms with van der Waals surface area (Å²) >= 11 is 3.63. The first kappa shape index (κ1) is 15.0. The van der Waals surface area contributed by atoms with Gasteiger partial charge in [-0.3, -0.25) is 0 Å². The second kappa shape index (κ2) is 5.51. The maximum absolute atomic E-state index is 14.1. The highest BCUT2D eigenvalue weighted by atomic mass is 79.9. The van der Waals surface area contributed by atoms with Gasteiger partial charge < -0.3 is 0 Å². The van der Waals surface area contributed by atoms with Crippen LogP contribution in [0, 0.1) is 29.9 Å². The Bertz CT molecular complexity index is 468. The average Bonchev–Trinajstić information content (AvgIpc) is 2.32. The number of halogens is 3. The van der Waals surface area contributed by atoms with Crippen molar-refractivity contribution in [3.8, 4) is 0 Å². The third kappa shape index (κ3) is 3.01. The molecule has 19 heavy (non-hydrogen) atoms. The molecule has 0 spiro atoms. The van der Waals surface area contributed by atoms with E-state index in [0.717, 1.165) is 12.8 Å². The van der Waals surface area contributed by atoms with Crippen LogP contribution in [0.3, 0.4) is 0 Å². The van der Waals surface area contributed by atoms with Crippen molar-refractivity contribution < 1.29 is 8.78 Å². The fraction of sp³-hybridized carbons (Fsp3) is 0.625. The Morgan fingerprint density at radius 2 is 1.89 bits per heavy atom. The molecule has 2 unspecified atom stereocenters. The van der Waals surface area contributed by atoms with Crippen LogP contribution in [0.15, 0.2) is 12.1 Å². The fourth-order valence-electron chi connectivity index (χ4n) is 3.15. The van der Waals surface area contributed by atoms with Gasteiger partial charge in [0, 0.05) is 10.4 Å². The molecule has 0 aliphatic heterocycles. The first-order chi connectivity index (χ1) is 8.83. The lowest BCUT2D eigenvalue weighted by atomic mass is 9.66. The van der Waals surface area contributed by atoms with Crippen LogP contribution >= 0.6 is 15.9 Å². The van der Waals surface area contributed by atoms with Crippen molar-refractivity contribution in [2.45, 2.75) is 51.3 Å². The average molecular weight is 331 g/mol. The summed E-state index contributed by atoms with van der Waals surface area (Å²) in [5.74, 6) is -0.283. The van der Waals surface area contributed by atoms with Gasteiger partial charge >= 0.3 is 0 Å². The molecule has 0 bridgehead atoms. The van der Waals surface area contributed by atoms with Gasteiger partial charge in [0.25, 0.3) is 0 Å². The molecular formula is C16H21BrF2. The quantitative estimate of drug-likeness (QED) is 0.590. The molecular weight excluding hydrogens is 310 g/mol. The van der Waals surface area contributed by atoms with Crippen LogP contribution in [0.2, 0.25) is 0 Å². The summed E-state index contributed by atoms with van der Waals surface area (Å²) < 4.78 is 27.8. The summed E-state index contributed by atoms with van der Waals surface area (Å²) in [5, 5.41) is 0. The Kier molecular flexibility index (Phi) is 4.34. The van der Waals surface area contributed by atoms with Crippen LogP contribution in [-0.2, 0) is 0 Å². The molecule has 106 valence electrons. The predicted octanol–water partition coefficient (Wildman–Crippen LogP) is 5.93. The monoisotopic (exact) mass is 330 g/mol. The first-order valence-corrected chi connectivity index (χ1v) is 7.84. The summed E-state index contributed by atoms with van der Waals surface area (Å²) in [7, 11) is 0. The van der Waals surface area contributed by atoms with Crippen molar-refractivity contribution in [2.24, 2.45) is 11.3 Å². The molecule has 0 heterocycles. The minimum Gasteiger partial charge on any atom is -0.207 e. The number of hydrogen-bond donors (Lipinski definition) is 0. The van der Waals surface area contributed by atoms with E-state index < -0.39 is 0 Å². The largest absolute Gasteiger partial charge is 0.207 e. The predicted molar refractivity (Wildman–Crippen MR) is 78.5 cm³/mol. The summed E-state index contributed by atoms with van der Waals surface area (Å²) in [6.07, 6.45) is 4.62. The highest BCUT2D eigenvalue weighted by Gasteiger charge is 2.38. The van der Waals surface area contributed by atoms with Crippen LogP contribution in [0.1, 0.15) is 55.5 Å². The molecule has 2 atom stereocenters. The molecule has 1 aliphatic rings. The standard InChI is InChI=1S/C16H21BrF2/c1-10-8-14(19)11(9-13(10)18)15(17)12-6-4-5-7-16(12,2)3/h8-9,12,15H,4-7H2,1-3H3. The first-order valence-electron chi connectivity index (χ1n) is 6.92. The van der Waals surface area contributed by atoms with Gasteiger partial charge in [-0.15, -0.1) is 0 Å². The van der Waals surface area contributed by atoms with E-state index in [-0.39, 0.29) is 21.9 Å². The van der Waals surface area contributed by atoms with Gasteiger partial charge in [0.1, 0.15) is 11.6 Å². The molecule has 1 saturated carbocycles. The van der Waals surface area contributed by atoms with Gasteiger partial charge in [0.2, 0.25) is 0 Å². The maximum atomic E-state index is 14.1. The van der Waals surface area contributed by atoms with E-state index in [1.165, 1.54) is 25.0 Å². The number of hydrogen-bond acceptors (Lipinski definition) is 0. The smallest absolute Gasteiger partial charge is 0.128 e. The maximum Gasteiger partial charge on any atom is 0.128 e. The van der Waals surface area contributed by atoms with Gasteiger partial charge in [-0.2, -0.15) is 0 Å². The van der Waals surface area contributed by atoms with Gasteiger partial charge in [0.15, 0.2) is 0 Å². The van der Waals surface area contributed by atoms with Gasteiger partial charge in [-0.25, -0.2) is 8.78 Å². The van der Waals surface area contributed by atoms with Crippen molar-refractivity contribution in [1.29, 1.82) is 0 Å². The topological polar surface area (TPSA) is 0 Å². The molecule has 1 aromatic carbocycles. The van der Waals surface area contributed by atoms with Crippen molar-refractivity contribution >= 4 is 15.9 Å². The van der Waals surface area contributed by atoms with Crippen LogP contribution < -0.4 is 0 Å². The van der Waals surface area contributed by atoms with Gasteiger partial charge in [-0.1, -0.05) is 42.6 Å². The summed E-state index contributed by atoms with van der Waals surface area (Å²) in [6.45, 7) is 6.05. The van der Waals surface area contributed by atoms with E-state index in [0.29, 0.717) is 17.0 Å². The lowest BCUT2D eigenvalue weighted by Crippen LogP contribution is -2.31. The van der Waals surface area contributed by atoms with Crippen LogP contribution in [0.4, 0.5) is 8.78 Å². The van der Waals surface area contributed by atoms with E-state index in [4.69, 9.17) is 0 Å². The normalized spacial score (nSPS) is 24.2. The molecule has 1 fully saturated rings. The van der Waals surface area contributed by atoms with Crippen molar-refractivity contribution in [3.05, 3.63) is 34.9 Å². The molecule has 0 saturated heterocycles. The lowest BCUT2D eigenvalue weighted by Gasteiger charge is -2.41. The molecule has 1 aromatic rings. The van der Waals surface area contributed by atoms with E-state index >= 15 is 0 Å². The third-order valence-corrected chi connectivity index (χ3v) is 5.65.